The maximum Gasteiger partial charge on any atom is 0.261 e. The molecule has 0 bridgehead atoms. The van der Waals surface area contributed by atoms with Gasteiger partial charge in [-0.25, -0.2) is 0 Å². The van der Waals surface area contributed by atoms with Gasteiger partial charge in [-0.3, -0.25) is 0 Å². The highest BCUT2D eigenvalue weighted by molar-refractivity contribution is 6.58. The van der Waals surface area contributed by atoms with E-state index in [4.69, 9.17) is 0 Å². The zero-order valence-electron chi connectivity index (χ0n) is 13.3. The molecule has 0 spiro atoms. The number of unbranched alkanes of at least 4 members (excludes halogenated alkanes) is 8. The van der Waals surface area contributed by atoms with E-state index in [0.29, 0.717) is 0 Å². The van der Waals surface area contributed by atoms with Crippen LogP contribution in [-0.2, 0) is 0 Å². The summed E-state index contributed by atoms with van der Waals surface area (Å²) in [6.07, 6.45) is 18.0. The first-order valence-electron chi connectivity index (χ1n) is 8.56. The Morgan fingerprint density at radius 3 is 1.47 bits per heavy atom. The second-order valence-corrected chi connectivity index (χ2v) is 9.54. The molecule has 110 valence electrons. The molecule has 0 heterocycles. The fourth-order valence-corrected chi connectivity index (χ4v) is 5.54. The smallest absolute Gasteiger partial charge is 0.103 e. The topological polar surface area (TPSA) is 0 Å². The lowest BCUT2D eigenvalue weighted by molar-refractivity contribution is 0.661. The standard InChI is InChI=1S/2C8H15.C2H5.Al/c2*1-3-5-7-8-6-4-2;1-2;/h2*3H,1-2,4-8H2;1H2,2H3;. The third-order valence-electron chi connectivity index (χ3n) is 4.12. The van der Waals surface area contributed by atoms with Gasteiger partial charge < -0.3 is 0 Å². The normalized spacial score (nSPS) is 10.4. The molecule has 0 aromatic rings. The average molecular weight is 278 g/mol. The number of hydrogen-bond donors (Lipinski definition) is 0. The molecule has 0 radical (unpaired) electrons. The molecule has 0 amide bonds. The Hall–Kier alpha value is 0.0125. The molecule has 0 unspecified atom stereocenters. The first-order chi connectivity index (χ1) is 9.35. The highest BCUT2D eigenvalue weighted by Gasteiger charge is 2.12. The molecule has 19 heavy (non-hydrogen) atoms. The molecular weight excluding hydrogens is 243 g/mol. The van der Waals surface area contributed by atoms with E-state index in [9.17, 15) is 0 Å². The SMILES string of the molecule is C=CCCCCC[CH2][Al]([CH2]C)[CH2]CCCCCC=C. The van der Waals surface area contributed by atoms with E-state index in [2.05, 4.69) is 32.2 Å². The molecule has 1 heteroatoms. The van der Waals surface area contributed by atoms with Crippen molar-refractivity contribution in [2.24, 2.45) is 0 Å². The van der Waals surface area contributed by atoms with Crippen molar-refractivity contribution in [3.63, 3.8) is 0 Å². The van der Waals surface area contributed by atoms with E-state index in [1.54, 1.807) is 10.6 Å². The Morgan fingerprint density at radius 2 is 1.11 bits per heavy atom. The zero-order valence-corrected chi connectivity index (χ0v) is 14.5. The Morgan fingerprint density at radius 1 is 0.684 bits per heavy atom. The summed E-state index contributed by atoms with van der Waals surface area (Å²) in [6.45, 7) is 9.99. The van der Waals surface area contributed by atoms with Crippen molar-refractivity contribution >= 4 is 14.1 Å². The van der Waals surface area contributed by atoms with Gasteiger partial charge in [-0.05, 0) is 25.7 Å². The maximum absolute atomic E-state index is 3.78. The van der Waals surface area contributed by atoms with Gasteiger partial charge in [0.15, 0.2) is 0 Å². The Bertz CT molecular complexity index is 178. The second-order valence-electron chi connectivity index (χ2n) is 5.83. The van der Waals surface area contributed by atoms with Gasteiger partial charge in [0.2, 0.25) is 0 Å². The van der Waals surface area contributed by atoms with Gasteiger partial charge in [0.05, 0.1) is 0 Å². The third kappa shape index (κ3) is 14.2. The van der Waals surface area contributed by atoms with Crippen molar-refractivity contribution in [1.82, 2.24) is 0 Å². The van der Waals surface area contributed by atoms with E-state index < -0.39 is 0 Å². The quantitative estimate of drug-likeness (QED) is 0.176. The van der Waals surface area contributed by atoms with Crippen molar-refractivity contribution in [3.05, 3.63) is 25.3 Å². The Kier molecular flexibility index (Phi) is 16.1. The molecule has 0 aromatic heterocycles. The van der Waals surface area contributed by atoms with E-state index >= 15 is 0 Å². The van der Waals surface area contributed by atoms with E-state index in [1.165, 1.54) is 69.5 Å². The summed E-state index contributed by atoms with van der Waals surface area (Å²) in [4.78, 5) is 0. The minimum atomic E-state index is -0.371. The van der Waals surface area contributed by atoms with Crippen molar-refractivity contribution in [1.29, 1.82) is 0 Å². The fourth-order valence-electron chi connectivity index (χ4n) is 2.70. The van der Waals surface area contributed by atoms with Crippen LogP contribution in [0.5, 0.6) is 0 Å². The van der Waals surface area contributed by atoms with Crippen LogP contribution in [0.1, 0.15) is 71.1 Å². The lowest BCUT2D eigenvalue weighted by Crippen LogP contribution is -2.10. The van der Waals surface area contributed by atoms with Crippen LogP contribution in [0.15, 0.2) is 25.3 Å². The summed E-state index contributed by atoms with van der Waals surface area (Å²) in [7, 11) is 0. The highest BCUT2D eigenvalue weighted by atomic mass is 27.2. The molecule has 0 nitrogen and oxygen atoms in total. The molecule has 0 rings (SSSR count). The third-order valence-corrected chi connectivity index (χ3v) is 7.72. The number of allylic oxidation sites excluding steroid dienone is 2. The van der Waals surface area contributed by atoms with E-state index in [1.807, 2.05) is 0 Å². The van der Waals surface area contributed by atoms with Crippen LogP contribution >= 0.6 is 0 Å². The lowest BCUT2D eigenvalue weighted by atomic mass is 10.1. The summed E-state index contributed by atoms with van der Waals surface area (Å²) in [5, 5.41) is 4.70. The largest absolute Gasteiger partial charge is 0.261 e. The summed E-state index contributed by atoms with van der Waals surface area (Å²) >= 11 is -0.371. The van der Waals surface area contributed by atoms with E-state index in [0.717, 1.165) is 0 Å². The number of hydrogen-bond acceptors (Lipinski definition) is 0. The zero-order chi connectivity index (χ0) is 14.2. The molecular formula is C18H35Al. The van der Waals surface area contributed by atoms with Crippen LogP contribution in [0.3, 0.4) is 0 Å². The molecule has 0 fully saturated rings. The average Bonchev–Trinajstić information content (AvgIpc) is 2.44. The predicted octanol–water partition coefficient (Wildman–Crippen LogP) is 6.77. The Balaban J connectivity index is 3.34. The molecule has 0 aliphatic rings. The van der Waals surface area contributed by atoms with Crippen LogP contribution in [0, 0.1) is 0 Å². The molecule has 0 aliphatic heterocycles. The van der Waals surface area contributed by atoms with Crippen molar-refractivity contribution < 1.29 is 0 Å². The van der Waals surface area contributed by atoms with E-state index in [-0.39, 0.29) is 14.1 Å². The minimum Gasteiger partial charge on any atom is -0.103 e. The fraction of sp³-hybridized carbons (Fsp3) is 0.778. The van der Waals surface area contributed by atoms with Gasteiger partial charge >= 0.3 is 0 Å². The van der Waals surface area contributed by atoms with Crippen LogP contribution in [0.2, 0.25) is 15.8 Å². The number of rotatable bonds is 15. The molecule has 0 N–H and O–H groups in total. The van der Waals surface area contributed by atoms with Crippen molar-refractivity contribution in [2.75, 3.05) is 0 Å². The summed E-state index contributed by atoms with van der Waals surface area (Å²) in [5.41, 5.74) is 0. The predicted molar refractivity (Wildman–Crippen MR) is 92.4 cm³/mol. The minimum absolute atomic E-state index is 0.371. The summed E-state index contributed by atoms with van der Waals surface area (Å²) in [5.74, 6) is 0. The van der Waals surface area contributed by atoms with Gasteiger partial charge in [0.1, 0.15) is 0 Å². The molecule has 0 saturated heterocycles. The molecule has 0 saturated carbocycles. The summed E-state index contributed by atoms with van der Waals surface area (Å²) < 4.78 is 0. The first-order valence-corrected chi connectivity index (χ1v) is 11.0. The van der Waals surface area contributed by atoms with Crippen molar-refractivity contribution in [2.45, 2.75) is 87.0 Å². The lowest BCUT2D eigenvalue weighted by Gasteiger charge is -2.09. The monoisotopic (exact) mass is 278 g/mol. The second kappa shape index (κ2) is 16.1. The highest BCUT2D eigenvalue weighted by Crippen LogP contribution is 2.16. The summed E-state index contributed by atoms with van der Waals surface area (Å²) in [6, 6.07) is 0. The van der Waals surface area contributed by atoms with Gasteiger partial charge in [0.25, 0.3) is 14.1 Å². The molecule has 0 aliphatic carbocycles. The van der Waals surface area contributed by atoms with Gasteiger partial charge in [-0.1, -0.05) is 73.4 Å². The molecule has 0 aromatic carbocycles. The van der Waals surface area contributed by atoms with Gasteiger partial charge in [-0.2, -0.15) is 0 Å². The van der Waals surface area contributed by atoms with Crippen LogP contribution in [0.25, 0.3) is 0 Å². The van der Waals surface area contributed by atoms with Crippen LogP contribution in [0.4, 0.5) is 0 Å². The first kappa shape index (κ1) is 19.0. The van der Waals surface area contributed by atoms with Crippen LogP contribution < -0.4 is 0 Å². The van der Waals surface area contributed by atoms with Gasteiger partial charge in [0, 0.05) is 0 Å². The maximum atomic E-state index is 3.78. The van der Waals surface area contributed by atoms with Crippen LogP contribution in [-0.4, -0.2) is 14.1 Å². The molecule has 0 atom stereocenters. The van der Waals surface area contributed by atoms with Crippen molar-refractivity contribution in [3.8, 4) is 0 Å². The van der Waals surface area contributed by atoms with Gasteiger partial charge in [-0.15, -0.1) is 13.2 Å². The Labute approximate surface area is 126 Å².